The summed E-state index contributed by atoms with van der Waals surface area (Å²) in [5.41, 5.74) is 2.01. The Hall–Kier alpha value is -1.68. The third-order valence-corrected chi connectivity index (χ3v) is 4.02. The average molecular weight is 288 g/mol. The summed E-state index contributed by atoms with van der Waals surface area (Å²) in [5.74, 6) is 0.316. The fourth-order valence-corrected chi connectivity index (χ4v) is 2.86. The minimum absolute atomic E-state index is 0.0446. The first kappa shape index (κ1) is 15.7. The smallest absolute Gasteiger partial charge is 0.238 e. The van der Waals surface area contributed by atoms with Crippen molar-refractivity contribution >= 4 is 17.9 Å². The monoisotopic (exact) mass is 288 g/mol. The summed E-state index contributed by atoms with van der Waals surface area (Å²) in [5, 5.41) is 2.99. The molecule has 0 spiro atoms. The van der Waals surface area contributed by atoms with E-state index in [0.717, 1.165) is 43.3 Å². The predicted octanol–water partition coefficient (Wildman–Crippen LogP) is 2.80. The fraction of sp³-hybridized carbons (Fsp3) is 0.529. The highest BCUT2D eigenvalue weighted by Crippen LogP contribution is 2.23. The molecule has 4 nitrogen and oxygen atoms in total. The van der Waals surface area contributed by atoms with Crippen LogP contribution in [0.15, 0.2) is 24.3 Å². The van der Waals surface area contributed by atoms with Gasteiger partial charge in [-0.25, -0.2) is 0 Å². The molecule has 1 unspecified atom stereocenters. The molecule has 1 aromatic rings. The molecule has 0 bridgehead atoms. The molecule has 1 N–H and O–H groups in total. The molecule has 21 heavy (non-hydrogen) atoms. The second kappa shape index (κ2) is 7.36. The van der Waals surface area contributed by atoms with E-state index in [1.807, 2.05) is 29.2 Å². The van der Waals surface area contributed by atoms with Gasteiger partial charge in [0.05, 0.1) is 12.6 Å². The van der Waals surface area contributed by atoms with Crippen molar-refractivity contribution in [1.29, 1.82) is 0 Å². The van der Waals surface area contributed by atoms with E-state index in [1.54, 1.807) is 0 Å². The first-order valence-corrected chi connectivity index (χ1v) is 7.70. The van der Waals surface area contributed by atoms with Crippen LogP contribution in [-0.2, 0) is 9.59 Å². The van der Waals surface area contributed by atoms with Gasteiger partial charge in [-0.1, -0.05) is 38.5 Å². The molecule has 4 heteroatoms. The van der Waals surface area contributed by atoms with Gasteiger partial charge < -0.3 is 10.1 Å². The van der Waals surface area contributed by atoms with E-state index in [-0.39, 0.29) is 18.5 Å². The molecule has 1 saturated heterocycles. The van der Waals surface area contributed by atoms with E-state index in [0.29, 0.717) is 5.92 Å². The lowest BCUT2D eigenvalue weighted by Gasteiger charge is -2.31. The van der Waals surface area contributed by atoms with Crippen molar-refractivity contribution in [3.05, 3.63) is 29.8 Å². The van der Waals surface area contributed by atoms with E-state index in [2.05, 4.69) is 19.2 Å². The van der Waals surface area contributed by atoms with Gasteiger partial charge in [0.2, 0.25) is 5.91 Å². The van der Waals surface area contributed by atoms with Gasteiger partial charge >= 0.3 is 0 Å². The maximum atomic E-state index is 12.2. The highest BCUT2D eigenvalue weighted by Gasteiger charge is 2.23. The van der Waals surface area contributed by atoms with Crippen molar-refractivity contribution in [1.82, 2.24) is 4.90 Å². The molecule has 0 saturated carbocycles. The van der Waals surface area contributed by atoms with Crippen LogP contribution in [0, 0.1) is 0 Å². The number of rotatable bonds is 5. The van der Waals surface area contributed by atoms with Gasteiger partial charge in [0, 0.05) is 5.69 Å². The van der Waals surface area contributed by atoms with Gasteiger partial charge in [-0.05, 0) is 36.9 Å². The highest BCUT2D eigenvalue weighted by atomic mass is 16.2. The number of para-hydroxylation sites is 1. The van der Waals surface area contributed by atoms with E-state index >= 15 is 0 Å². The quantitative estimate of drug-likeness (QED) is 0.848. The second-order valence-corrected chi connectivity index (χ2v) is 5.96. The molecule has 1 aromatic carbocycles. The van der Waals surface area contributed by atoms with Crippen LogP contribution >= 0.6 is 0 Å². The summed E-state index contributed by atoms with van der Waals surface area (Å²) in [4.78, 5) is 25.3. The maximum absolute atomic E-state index is 12.2. The molecule has 1 aliphatic rings. The van der Waals surface area contributed by atoms with Crippen LogP contribution in [0.5, 0.6) is 0 Å². The summed E-state index contributed by atoms with van der Waals surface area (Å²) in [6.45, 7) is 5.33. The van der Waals surface area contributed by atoms with E-state index in [9.17, 15) is 9.59 Å². The number of carbonyl (C=O) groups is 2. The van der Waals surface area contributed by atoms with Gasteiger partial charge in [-0.3, -0.25) is 9.69 Å². The number of nitrogens with zero attached hydrogens (tertiary/aromatic N) is 1. The second-order valence-electron chi connectivity index (χ2n) is 5.96. The summed E-state index contributed by atoms with van der Waals surface area (Å²) in [6.07, 6.45) is 3.95. The Labute approximate surface area is 126 Å². The first-order valence-electron chi connectivity index (χ1n) is 7.70. The van der Waals surface area contributed by atoms with Crippen LogP contribution in [-0.4, -0.2) is 36.2 Å². The standard InChI is InChI=1S/C17H24N2O2/c1-13(2)15-8-3-4-9-16(15)18-17(21)11-19-10-6-5-7-14(19)12-20/h3-4,8-9,12-14H,5-7,10-11H2,1-2H3,(H,18,21). The Morgan fingerprint density at radius 2 is 2.14 bits per heavy atom. The number of amides is 1. The van der Waals surface area contributed by atoms with Crippen molar-refractivity contribution in [2.45, 2.75) is 45.1 Å². The lowest BCUT2D eigenvalue weighted by molar-refractivity contribution is -0.120. The predicted molar refractivity (Wildman–Crippen MR) is 84.4 cm³/mol. The Morgan fingerprint density at radius 1 is 1.38 bits per heavy atom. The number of benzene rings is 1. The Kier molecular flexibility index (Phi) is 5.51. The Bertz CT molecular complexity index is 499. The number of anilines is 1. The Balaban J connectivity index is 2.00. The maximum Gasteiger partial charge on any atom is 0.238 e. The molecule has 1 amide bonds. The molecular weight excluding hydrogens is 264 g/mol. The summed E-state index contributed by atoms with van der Waals surface area (Å²) >= 11 is 0. The molecule has 0 aromatic heterocycles. The molecule has 1 atom stereocenters. The third-order valence-electron chi connectivity index (χ3n) is 4.02. The van der Waals surface area contributed by atoms with Crippen molar-refractivity contribution in [2.75, 3.05) is 18.4 Å². The van der Waals surface area contributed by atoms with Crippen LogP contribution in [0.2, 0.25) is 0 Å². The molecule has 0 aliphatic carbocycles. The zero-order valence-corrected chi connectivity index (χ0v) is 12.8. The van der Waals surface area contributed by atoms with E-state index in [1.165, 1.54) is 0 Å². The normalized spacial score (nSPS) is 19.5. The van der Waals surface area contributed by atoms with Crippen molar-refractivity contribution < 1.29 is 9.59 Å². The van der Waals surface area contributed by atoms with Crippen molar-refractivity contribution in [2.24, 2.45) is 0 Å². The van der Waals surface area contributed by atoms with E-state index < -0.39 is 0 Å². The van der Waals surface area contributed by atoms with E-state index in [4.69, 9.17) is 0 Å². The van der Waals surface area contributed by atoms with Gasteiger partial charge in [-0.2, -0.15) is 0 Å². The fourth-order valence-electron chi connectivity index (χ4n) is 2.86. The first-order chi connectivity index (χ1) is 10.1. The number of carbonyl (C=O) groups excluding carboxylic acids is 2. The number of likely N-dealkylation sites (tertiary alicyclic amines) is 1. The number of hydrogen-bond acceptors (Lipinski definition) is 3. The van der Waals surface area contributed by atoms with Crippen LogP contribution < -0.4 is 5.32 Å². The largest absolute Gasteiger partial charge is 0.325 e. The molecule has 0 radical (unpaired) electrons. The highest BCUT2D eigenvalue weighted by molar-refractivity contribution is 5.93. The molecule has 2 rings (SSSR count). The number of piperidine rings is 1. The van der Waals surface area contributed by atoms with Crippen LogP contribution in [0.25, 0.3) is 0 Å². The number of hydrogen-bond donors (Lipinski definition) is 1. The lowest BCUT2D eigenvalue weighted by Crippen LogP contribution is -2.44. The number of aldehydes is 1. The van der Waals surface area contributed by atoms with Crippen LogP contribution in [0.3, 0.4) is 0 Å². The van der Waals surface area contributed by atoms with Crippen molar-refractivity contribution in [3.63, 3.8) is 0 Å². The minimum Gasteiger partial charge on any atom is -0.325 e. The van der Waals surface area contributed by atoms with Gasteiger partial charge in [0.25, 0.3) is 0 Å². The SMILES string of the molecule is CC(C)c1ccccc1NC(=O)CN1CCCCC1C=O. The van der Waals surface area contributed by atoms with Gasteiger partial charge in [-0.15, -0.1) is 0 Å². The zero-order chi connectivity index (χ0) is 15.2. The lowest BCUT2D eigenvalue weighted by atomic mass is 10.0. The molecule has 1 heterocycles. The van der Waals surface area contributed by atoms with Crippen LogP contribution in [0.4, 0.5) is 5.69 Å². The molecule has 1 fully saturated rings. The molecule has 1 aliphatic heterocycles. The number of nitrogens with one attached hydrogen (secondary N) is 1. The zero-order valence-electron chi connectivity index (χ0n) is 12.8. The average Bonchev–Trinajstić information content (AvgIpc) is 2.48. The van der Waals surface area contributed by atoms with Crippen molar-refractivity contribution in [3.8, 4) is 0 Å². The molecular formula is C17H24N2O2. The van der Waals surface area contributed by atoms with Crippen LogP contribution in [0.1, 0.15) is 44.6 Å². The summed E-state index contributed by atoms with van der Waals surface area (Å²) in [7, 11) is 0. The molecule has 114 valence electrons. The summed E-state index contributed by atoms with van der Waals surface area (Å²) in [6, 6.07) is 7.77. The summed E-state index contributed by atoms with van der Waals surface area (Å²) < 4.78 is 0. The van der Waals surface area contributed by atoms with Gasteiger partial charge in [0.15, 0.2) is 0 Å². The Morgan fingerprint density at radius 3 is 2.86 bits per heavy atom. The topological polar surface area (TPSA) is 49.4 Å². The van der Waals surface area contributed by atoms with Gasteiger partial charge in [0.1, 0.15) is 6.29 Å². The third kappa shape index (κ3) is 4.14. The minimum atomic E-state index is -0.107.